The smallest absolute Gasteiger partial charge is 0.461 e. The highest BCUT2D eigenvalue weighted by molar-refractivity contribution is 5.76. The largest absolute Gasteiger partial charge is 0.514 e. The Morgan fingerprint density at radius 3 is 1.79 bits per heavy atom. The van der Waals surface area contributed by atoms with E-state index in [1.807, 2.05) is 13.8 Å². The first kappa shape index (κ1) is 33.7. The molecule has 1 rings (SSSR count). The fraction of sp³-hybridized carbons (Fsp3) is 0.643. The average molecular weight is 554 g/mol. The third kappa shape index (κ3) is 13.3. The van der Waals surface area contributed by atoms with Gasteiger partial charge in [-0.15, -0.1) is 0 Å². The lowest BCUT2D eigenvalue weighted by atomic mass is 9.98. The molecule has 0 bridgehead atoms. The van der Waals surface area contributed by atoms with Gasteiger partial charge in [0.05, 0.1) is 5.92 Å². The van der Waals surface area contributed by atoms with Crippen molar-refractivity contribution in [2.45, 2.75) is 99.0 Å². The van der Waals surface area contributed by atoms with Gasteiger partial charge in [0.2, 0.25) is 0 Å². The molecule has 1 aromatic rings. The van der Waals surface area contributed by atoms with E-state index in [0.717, 1.165) is 0 Å². The molecule has 0 fully saturated rings. The fourth-order valence-electron chi connectivity index (χ4n) is 2.82. The summed E-state index contributed by atoms with van der Waals surface area (Å²) in [7, 11) is 0. The molecule has 0 aliphatic rings. The highest BCUT2D eigenvalue weighted by atomic mass is 16.8. The highest BCUT2D eigenvalue weighted by Crippen LogP contribution is 2.31. The first-order valence-electron chi connectivity index (χ1n) is 12.8. The first-order valence-corrected chi connectivity index (χ1v) is 12.8. The molecule has 0 aromatic heterocycles. The minimum atomic E-state index is -1.07. The van der Waals surface area contributed by atoms with E-state index in [-0.39, 0.29) is 42.3 Å². The van der Waals surface area contributed by atoms with Gasteiger partial charge in [-0.3, -0.25) is 9.59 Å². The van der Waals surface area contributed by atoms with Gasteiger partial charge in [-0.05, 0) is 78.5 Å². The van der Waals surface area contributed by atoms with Crippen molar-refractivity contribution in [3.63, 3.8) is 0 Å². The molecule has 0 aliphatic carbocycles. The van der Waals surface area contributed by atoms with Gasteiger partial charge in [0.1, 0.15) is 30.0 Å². The van der Waals surface area contributed by atoms with Crippen LogP contribution in [0.4, 0.5) is 9.59 Å². The predicted molar refractivity (Wildman–Crippen MR) is 142 cm³/mol. The number of nitrogens with two attached hydrogens (primary N) is 1. The number of carbonyl (C=O) groups excluding carboxylic acids is 4. The van der Waals surface area contributed by atoms with E-state index in [9.17, 15) is 19.2 Å². The maximum Gasteiger partial charge on any atom is 0.514 e. The minimum Gasteiger partial charge on any atom is -0.461 e. The Morgan fingerprint density at radius 2 is 1.31 bits per heavy atom. The van der Waals surface area contributed by atoms with Crippen molar-refractivity contribution < 1.29 is 47.6 Å². The Labute approximate surface area is 230 Å². The van der Waals surface area contributed by atoms with Gasteiger partial charge in [0, 0.05) is 0 Å². The molecule has 0 aliphatic heterocycles. The first-order chi connectivity index (χ1) is 17.8. The van der Waals surface area contributed by atoms with Crippen LogP contribution in [0.25, 0.3) is 0 Å². The summed E-state index contributed by atoms with van der Waals surface area (Å²) in [4.78, 5) is 49.0. The number of benzene rings is 1. The Bertz CT molecular complexity index is 1010. The van der Waals surface area contributed by atoms with Crippen LogP contribution in [0.5, 0.6) is 11.5 Å². The normalized spacial score (nSPS) is 14.1. The summed E-state index contributed by atoms with van der Waals surface area (Å²) < 4.78 is 31.4. The second-order valence-electron chi connectivity index (χ2n) is 11.6. The maximum atomic E-state index is 12.5. The molecule has 39 heavy (non-hydrogen) atoms. The van der Waals surface area contributed by atoms with Crippen LogP contribution in [0, 0.1) is 11.8 Å². The van der Waals surface area contributed by atoms with Crippen molar-refractivity contribution in [1.29, 1.82) is 0 Å². The van der Waals surface area contributed by atoms with E-state index in [1.165, 1.54) is 12.1 Å². The van der Waals surface area contributed by atoms with Crippen molar-refractivity contribution in [1.82, 2.24) is 0 Å². The van der Waals surface area contributed by atoms with Crippen molar-refractivity contribution in [3.8, 4) is 11.5 Å². The summed E-state index contributed by atoms with van der Waals surface area (Å²) >= 11 is 0. The van der Waals surface area contributed by atoms with E-state index >= 15 is 0 Å². The van der Waals surface area contributed by atoms with E-state index < -0.39 is 41.6 Å². The average Bonchev–Trinajstić information content (AvgIpc) is 2.75. The van der Waals surface area contributed by atoms with Crippen molar-refractivity contribution in [3.05, 3.63) is 23.8 Å². The molecule has 3 atom stereocenters. The second-order valence-corrected chi connectivity index (χ2v) is 11.6. The summed E-state index contributed by atoms with van der Waals surface area (Å²) in [6.07, 6.45) is -2.66. The van der Waals surface area contributed by atoms with Gasteiger partial charge in [-0.25, -0.2) is 9.59 Å². The Hall–Kier alpha value is -3.34. The van der Waals surface area contributed by atoms with Crippen LogP contribution in [-0.4, -0.2) is 54.2 Å². The molecular weight excluding hydrogens is 510 g/mol. The standard InChI is InChI=1S/C28H43NO10/c1-16(2)18(4)23(30)35-17(3)15-34-24(31)20(29)13-19-11-12-21(36-25(32)38-27(5,6)7)22(14-19)37-26(33)39-28(8,9)10/h11-12,14,16-18,20H,13,15,29H2,1-10H3/t17-,18?,20-/m0/s1. The molecule has 0 spiro atoms. The van der Waals surface area contributed by atoms with Crippen LogP contribution in [0.3, 0.4) is 0 Å². The Kier molecular flexibility index (Phi) is 12.2. The third-order valence-electron chi connectivity index (χ3n) is 5.08. The SMILES string of the molecule is CC(C)C(C)C(=O)O[C@@H](C)COC(=O)[C@@H](N)Cc1ccc(OC(=O)OC(C)(C)C)c(OC(=O)OC(C)(C)C)c1. The van der Waals surface area contributed by atoms with Crippen molar-refractivity contribution in [2.75, 3.05) is 6.61 Å². The molecule has 1 unspecified atom stereocenters. The minimum absolute atomic E-state index is 0.00871. The molecule has 220 valence electrons. The van der Waals surface area contributed by atoms with Gasteiger partial charge in [-0.1, -0.05) is 26.8 Å². The third-order valence-corrected chi connectivity index (χ3v) is 5.08. The van der Waals surface area contributed by atoms with Crippen LogP contribution in [0.1, 0.15) is 74.8 Å². The predicted octanol–water partition coefficient (Wildman–Crippen LogP) is 4.95. The molecule has 0 saturated heterocycles. The van der Waals surface area contributed by atoms with E-state index in [1.54, 1.807) is 61.5 Å². The van der Waals surface area contributed by atoms with Gasteiger partial charge in [-0.2, -0.15) is 0 Å². The quantitative estimate of drug-likeness (QED) is 0.238. The zero-order valence-electron chi connectivity index (χ0n) is 24.6. The Balaban J connectivity index is 2.92. The molecular formula is C28H43NO10. The maximum absolute atomic E-state index is 12.5. The summed E-state index contributed by atoms with van der Waals surface area (Å²) in [5.41, 5.74) is 4.88. The second kappa shape index (κ2) is 14.2. The highest BCUT2D eigenvalue weighted by Gasteiger charge is 2.25. The molecule has 2 N–H and O–H groups in total. The summed E-state index contributed by atoms with van der Waals surface area (Å²) in [5, 5.41) is 0. The fourth-order valence-corrected chi connectivity index (χ4v) is 2.82. The summed E-state index contributed by atoms with van der Waals surface area (Å²) in [6.45, 7) is 17.1. The van der Waals surface area contributed by atoms with Crippen molar-refractivity contribution >= 4 is 24.2 Å². The number of carbonyl (C=O) groups is 4. The molecule has 0 amide bonds. The number of ether oxygens (including phenoxy) is 6. The molecule has 11 heteroatoms. The molecule has 0 heterocycles. The summed E-state index contributed by atoms with van der Waals surface area (Å²) in [6, 6.07) is 3.25. The van der Waals surface area contributed by atoms with Crippen LogP contribution in [-0.2, 0) is 35.0 Å². The van der Waals surface area contributed by atoms with Gasteiger partial charge in [0.25, 0.3) is 0 Å². The lowest BCUT2D eigenvalue weighted by Crippen LogP contribution is -2.36. The van der Waals surface area contributed by atoms with E-state index in [0.29, 0.717) is 5.56 Å². The zero-order valence-corrected chi connectivity index (χ0v) is 24.6. The monoisotopic (exact) mass is 553 g/mol. The lowest BCUT2D eigenvalue weighted by molar-refractivity contribution is -0.162. The van der Waals surface area contributed by atoms with E-state index in [4.69, 9.17) is 34.2 Å². The number of hydrogen-bond acceptors (Lipinski definition) is 11. The number of esters is 2. The van der Waals surface area contributed by atoms with E-state index in [2.05, 4.69) is 0 Å². The van der Waals surface area contributed by atoms with Crippen LogP contribution in [0.15, 0.2) is 18.2 Å². The summed E-state index contributed by atoms with van der Waals surface area (Å²) in [5.74, 6) is -1.48. The topological polar surface area (TPSA) is 150 Å². The Morgan fingerprint density at radius 1 is 0.795 bits per heavy atom. The number of rotatable bonds is 10. The van der Waals surface area contributed by atoms with Crippen LogP contribution in [0.2, 0.25) is 0 Å². The van der Waals surface area contributed by atoms with Crippen LogP contribution >= 0.6 is 0 Å². The number of hydrogen-bond donors (Lipinski definition) is 1. The lowest BCUT2D eigenvalue weighted by Gasteiger charge is -2.21. The molecule has 0 radical (unpaired) electrons. The van der Waals surface area contributed by atoms with Gasteiger partial charge < -0.3 is 34.2 Å². The molecule has 0 saturated carbocycles. The van der Waals surface area contributed by atoms with Gasteiger partial charge >= 0.3 is 24.2 Å². The molecule has 11 nitrogen and oxygen atoms in total. The zero-order chi connectivity index (χ0) is 30.1. The molecule has 1 aromatic carbocycles. The van der Waals surface area contributed by atoms with Gasteiger partial charge in [0.15, 0.2) is 11.5 Å². The van der Waals surface area contributed by atoms with Crippen LogP contribution < -0.4 is 15.2 Å². The van der Waals surface area contributed by atoms with Crippen molar-refractivity contribution in [2.24, 2.45) is 17.6 Å².